The van der Waals surface area contributed by atoms with Gasteiger partial charge in [-0.15, -0.1) is 0 Å². The van der Waals surface area contributed by atoms with Gasteiger partial charge in [0, 0.05) is 23.8 Å². The number of para-hydroxylation sites is 1. The van der Waals surface area contributed by atoms with Crippen molar-refractivity contribution in [1.29, 1.82) is 0 Å². The third kappa shape index (κ3) is 2.13. The molecule has 3 rings (SSSR count). The Morgan fingerprint density at radius 2 is 2.06 bits per heavy atom. The van der Waals surface area contributed by atoms with Crippen molar-refractivity contribution in [2.45, 2.75) is 25.7 Å². The zero-order valence-electron chi connectivity index (χ0n) is 10.5. The summed E-state index contributed by atoms with van der Waals surface area (Å²) in [6, 6.07) is 8.00. The van der Waals surface area contributed by atoms with Gasteiger partial charge in [-0.1, -0.05) is 25.0 Å². The standard InChI is InChI=1S/C15H19N3/c16-13-7-3-6-12-14(8-9-17-15(12)13)18-10-11-4-1-2-5-11/h3,6-9,11H,1-2,4-5,10,16H2,(H,17,18). The third-order valence-electron chi connectivity index (χ3n) is 3.86. The van der Waals surface area contributed by atoms with E-state index in [1.165, 1.54) is 25.7 Å². The van der Waals surface area contributed by atoms with Crippen molar-refractivity contribution in [2.75, 3.05) is 17.6 Å². The number of hydrogen-bond acceptors (Lipinski definition) is 3. The molecule has 3 N–H and O–H groups in total. The van der Waals surface area contributed by atoms with Gasteiger partial charge in [0.2, 0.25) is 0 Å². The summed E-state index contributed by atoms with van der Waals surface area (Å²) in [6.07, 6.45) is 7.32. The molecule has 0 unspecified atom stereocenters. The average Bonchev–Trinajstić information content (AvgIpc) is 2.90. The van der Waals surface area contributed by atoms with Gasteiger partial charge >= 0.3 is 0 Å². The lowest BCUT2D eigenvalue weighted by Crippen LogP contribution is -2.11. The van der Waals surface area contributed by atoms with E-state index in [0.717, 1.165) is 34.7 Å². The fraction of sp³-hybridized carbons (Fsp3) is 0.400. The zero-order valence-corrected chi connectivity index (χ0v) is 10.5. The molecule has 1 fully saturated rings. The van der Waals surface area contributed by atoms with Gasteiger partial charge < -0.3 is 11.1 Å². The Kier molecular flexibility index (Phi) is 3.05. The van der Waals surface area contributed by atoms with Crippen LogP contribution in [0.25, 0.3) is 10.9 Å². The molecular formula is C15H19N3. The molecule has 0 radical (unpaired) electrons. The van der Waals surface area contributed by atoms with Crippen LogP contribution >= 0.6 is 0 Å². The van der Waals surface area contributed by atoms with Crippen LogP contribution in [0, 0.1) is 5.92 Å². The Labute approximate surface area is 107 Å². The fourth-order valence-electron chi connectivity index (χ4n) is 2.82. The second-order valence-corrected chi connectivity index (χ2v) is 5.13. The number of hydrogen-bond donors (Lipinski definition) is 2. The zero-order chi connectivity index (χ0) is 12.4. The van der Waals surface area contributed by atoms with Gasteiger partial charge in [0.1, 0.15) is 0 Å². The van der Waals surface area contributed by atoms with Crippen molar-refractivity contribution in [3.63, 3.8) is 0 Å². The first-order chi connectivity index (χ1) is 8.84. The predicted octanol–water partition coefficient (Wildman–Crippen LogP) is 3.42. The normalized spacial score (nSPS) is 16.2. The number of pyridine rings is 1. The lowest BCUT2D eigenvalue weighted by molar-refractivity contribution is 0.580. The van der Waals surface area contributed by atoms with E-state index in [0.29, 0.717) is 0 Å². The summed E-state index contributed by atoms with van der Waals surface area (Å²) >= 11 is 0. The Hall–Kier alpha value is -1.77. The largest absolute Gasteiger partial charge is 0.397 e. The molecule has 0 aliphatic heterocycles. The number of rotatable bonds is 3. The summed E-state index contributed by atoms with van der Waals surface area (Å²) in [5.74, 6) is 0.828. The molecule has 0 amide bonds. The molecule has 3 nitrogen and oxygen atoms in total. The van der Waals surface area contributed by atoms with E-state index in [-0.39, 0.29) is 0 Å². The number of nitrogens with one attached hydrogen (secondary N) is 1. The SMILES string of the molecule is Nc1cccc2c(NCC3CCCC3)ccnc12. The molecule has 2 aromatic rings. The molecular weight excluding hydrogens is 222 g/mol. The minimum Gasteiger partial charge on any atom is -0.397 e. The number of nitrogens with zero attached hydrogens (tertiary/aromatic N) is 1. The summed E-state index contributed by atoms with van der Waals surface area (Å²) in [7, 11) is 0. The molecule has 0 spiro atoms. The first-order valence-electron chi connectivity index (χ1n) is 6.71. The highest BCUT2D eigenvalue weighted by Gasteiger charge is 2.14. The van der Waals surface area contributed by atoms with Crippen molar-refractivity contribution in [3.8, 4) is 0 Å². The fourth-order valence-corrected chi connectivity index (χ4v) is 2.82. The quantitative estimate of drug-likeness (QED) is 0.809. The summed E-state index contributed by atoms with van der Waals surface area (Å²) in [5.41, 5.74) is 8.75. The van der Waals surface area contributed by atoms with E-state index in [2.05, 4.69) is 16.4 Å². The summed E-state index contributed by atoms with van der Waals surface area (Å²) in [5, 5.41) is 4.68. The minimum absolute atomic E-state index is 0.747. The summed E-state index contributed by atoms with van der Waals surface area (Å²) in [6.45, 7) is 1.06. The number of fused-ring (bicyclic) bond motifs is 1. The maximum atomic E-state index is 5.95. The number of nitrogens with two attached hydrogens (primary N) is 1. The monoisotopic (exact) mass is 241 g/mol. The Morgan fingerprint density at radius 1 is 1.22 bits per heavy atom. The molecule has 0 saturated heterocycles. The molecule has 1 heterocycles. The Balaban J connectivity index is 1.85. The van der Waals surface area contributed by atoms with Crippen molar-refractivity contribution in [2.24, 2.45) is 5.92 Å². The molecule has 1 saturated carbocycles. The van der Waals surface area contributed by atoms with Crippen molar-refractivity contribution >= 4 is 22.3 Å². The topological polar surface area (TPSA) is 50.9 Å². The van der Waals surface area contributed by atoms with Crippen LogP contribution in [0.2, 0.25) is 0 Å². The number of nitrogen functional groups attached to an aromatic ring is 1. The van der Waals surface area contributed by atoms with Crippen LogP contribution in [0.3, 0.4) is 0 Å². The van der Waals surface area contributed by atoms with Gasteiger partial charge in [0.15, 0.2) is 0 Å². The molecule has 3 heteroatoms. The predicted molar refractivity (Wildman–Crippen MR) is 76.6 cm³/mol. The van der Waals surface area contributed by atoms with E-state index >= 15 is 0 Å². The van der Waals surface area contributed by atoms with Crippen molar-refractivity contribution < 1.29 is 0 Å². The van der Waals surface area contributed by atoms with Crippen molar-refractivity contribution in [1.82, 2.24) is 4.98 Å². The lowest BCUT2D eigenvalue weighted by Gasteiger charge is -2.13. The molecule has 1 aliphatic rings. The van der Waals surface area contributed by atoms with E-state index in [4.69, 9.17) is 5.73 Å². The smallest absolute Gasteiger partial charge is 0.0951 e. The highest BCUT2D eigenvalue weighted by Crippen LogP contribution is 2.28. The lowest BCUT2D eigenvalue weighted by atomic mass is 10.1. The van der Waals surface area contributed by atoms with E-state index in [9.17, 15) is 0 Å². The molecule has 0 bridgehead atoms. The van der Waals surface area contributed by atoms with Crippen LogP contribution in [0.4, 0.5) is 11.4 Å². The highest BCUT2D eigenvalue weighted by molar-refractivity contribution is 5.97. The Morgan fingerprint density at radius 3 is 2.89 bits per heavy atom. The van der Waals surface area contributed by atoms with Gasteiger partial charge in [0.05, 0.1) is 11.2 Å². The third-order valence-corrected chi connectivity index (χ3v) is 3.86. The van der Waals surface area contributed by atoms with Gasteiger partial charge in [0.25, 0.3) is 0 Å². The van der Waals surface area contributed by atoms with E-state index in [1.807, 2.05) is 24.4 Å². The number of anilines is 2. The minimum atomic E-state index is 0.747. The first kappa shape index (κ1) is 11.3. The van der Waals surface area contributed by atoms with Gasteiger partial charge in [-0.05, 0) is 30.9 Å². The second-order valence-electron chi connectivity index (χ2n) is 5.13. The van der Waals surface area contributed by atoms with Crippen LogP contribution in [0.15, 0.2) is 30.5 Å². The number of aromatic nitrogens is 1. The highest BCUT2D eigenvalue weighted by atomic mass is 14.9. The summed E-state index contributed by atoms with van der Waals surface area (Å²) in [4.78, 5) is 4.36. The summed E-state index contributed by atoms with van der Waals surface area (Å²) < 4.78 is 0. The van der Waals surface area contributed by atoms with Crippen molar-refractivity contribution in [3.05, 3.63) is 30.5 Å². The molecule has 0 atom stereocenters. The number of benzene rings is 1. The first-order valence-corrected chi connectivity index (χ1v) is 6.71. The molecule has 18 heavy (non-hydrogen) atoms. The molecule has 1 aliphatic carbocycles. The van der Waals surface area contributed by atoms with E-state index in [1.54, 1.807) is 0 Å². The molecule has 1 aromatic heterocycles. The van der Waals surface area contributed by atoms with Crippen LogP contribution in [0.5, 0.6) is 0 Å². The maximum Gasteiger partial charge on any atom is 0.0951 e. The molecule has 94 valence electrons. The van der Waals surface area contributed by atoms with Crippen LogP contribution < -0.4 is 11.1 Å². The van der Waals surface area contributed by atoms with Crippen LogP contribution in [0.1, 0.15) is 25.7 Å². The maximum absolute atomic E-state index is 5.95. The second kappa shape index (κ2) is 4.84. The van der Waals surface area contributed by atoms with E-state index < -0.39 is 0 Å². The van der Waals surface area contributed by atoms with Crippen LogP contribution in [-0.2, 0) is 0 Å². The van der Waals surface area contributed by atoms with Gasteiger partial charge in [-0.3, -0.25) is 4.98 Å². The molecule has 1 aromatic carbocycles. The Bertz CT molecular complexity index is 544. The van der Waals surface area contributed by atoms with Crippen LogP contribution in [-0.4, -0.2) is 11.5 Å². The van der Waals surface area contributed by atoms with Gasteiger partial charge in [-0.2, -0.15) is 0 Å². The van der Waals surface area contributed by atoms with Gasteiger partial charge in [-0.25, -0.2) is 0 Å². The average molecular weight is 241 g/mol.